The van der Waals surface area contributed by atoms with Gasteiger partial charge in [-0.25, -0.2) is 0 Å². The molecule has 1 aliphatic heterocycles. The van der Waals surface area contributed by atoms with Crippen molar-refractivity contribution < 1.29 is 9.53 Å². The van der Waals surface area contributed by atoms with Gasteiger partial charge in [0.05, 0.1) is 12.7 Å². The SMILES string of the molecule is C=C(CC1CO1)C(N)=O. The van der Waals surface area contributed by atoms with E-state index in [1.807, 2.05) is 0 Å². The quantitative estimate of drug-likeness (QED) is 0.422. The third-order valence-electron chi connectivity index (χ3n) is 1.22. The van der Waals surface area contributed by atoms with Crippen LogP contribution in [0.4, 0.5) is 0 Å². The predicted molar refractivity (Wildman–Crippen MR) is 32.7 cm³/mol. The van der Waals surface area contributed by atoms with Gasteiger partial charge in [0.1, 0.15) is 0 Å². The summed E-state index contributed by atoms with van der Waals surface area (Å²) in [5.41, 5.74) is 5.37. The molecule has 2 N–H and O–H groups in total. The zero-order valence-corrected chi connectivity index (χ0v) is 5.09. The summed E-state index contributed by atoms with van der Waals surface area (Å²) in [6, 6.07) is 0. The number of carbonyl (C=O) groups excluding carboxylic acids is 1. The lowest BCUT2D eigenvalue weighted by Gasteiger charge is -1.93. The van der Waals surface area contributed by atoms with Crippen LogP contribution in [0.15, 0.2) is 12.2 Å². The molecule has 0 aromatic heterocycles. The molecule has 0 aliphatic carbocycles. The van der Waals surface area contributed by atoms with Crippen molar-refractivity contribution in [2.45, 2.75) is 12.5 Å². The largest absolute Gasteiger partial charge is 0.373 e. The Morgan fingerprint density at radius 1 is 1.89 bits per heavy atom. The molecule has 0 radical (unpaired) electrons. The summed E-state index contributed by atoms with van der Waals surface area (Å²) in [5.74, 6) is -0.425. The fraction of sp³-hybridized carbons (Fsp3) is 0.500. The van der Waals surface area contributed by atoms with Crippen LogP contribution < -0.4 is 5.73 Å². The van der Waals surface area contributed by atoms with Gasteiger partial charge in [-0.3, -0.25) is 4.79 Å². The molecular formula is C6H9NO2. The number of nitrogens with two attached hydrogens (primary N) is 1. The van der Waals surface area contributed by atoms with Gasteiger partial charge in [-0.2, -0.15) is 0 Å². The van der Waals surface area contributed by atoms with Crippen LogP contribution >= 0.6 is 0 Å². The van der Waals surface area contributed by atoms with Crippen molar-refractivity contribution in [3.63, 3.8) is 0 Å². The molecule has 1 unspecified atom stereocenters. The van der Waals surface area contributed by atoms with E-state index in [4.69, 9.17) is 10.5 Å². The number of ether oxygens (including phenoxy) is 1. The summed E-state index contributed by atoms with van der Waals surface area (Å²) in [5, 5.41) is 0. The lowest BCUT2D eigenvalue weighted by atomic mass is 10.2. The van der Waals surface area contributed by atoms with Crippen LogP contribution in [-0.2, 0) is 9.53 Å². The highest BCUT2D eigenvalue weighted by Gasteiger charge is 2.24. The molecule has 1 fully saturated rings. The van der Waals surface area contributed by atoms with Gasteiger partial charge >= 0.3 is 0 Å². The molecule has 0 spiro atoms. The van der Waals surface area contributed by atoms with Crippen molar-refractivity contribution in [1.82, 2.24) is 0 Å². The second-order valence-electron chi connectivity index (χ2n) is 2.13. The Morgan fingerprint density at radius 2 is 2.44 bits per heavy atom. The van der Waals surface area contributed by atoms with Crippen LogP contribution in [-0.4, -0.2) is 18.6 Å². The lowest BCUT2D eigenvalue weighted by molar-refractivity contribution is -0.114. The van der Waals surface area contributed by atoms with E-state index in [-0.39, 0.29) is 6.10 Å². The molecule has 1 saturated heterocycles. The number of hydrogen-bond acceptors (Lipinski definition) is 2. The van der Waals surface area contributed by atoms with Crippen molar-refractivity contribution in [3.05, 3.63) is 12.2 Å². The molecule has 1 atom stereocenters. The molecule has 1 heterocycles. The third-order valence-corrected chi connectivity index (χ3v) is 1.22. The van der Waals surface area contributed by atoms with E-state index in [1.165, 1.54) is 0 Å². The smallest absolute Gasteiger partial charge is 0.244 e. The zero-order valence-electron chi connectivity index (χ0n) is 5.09. The second-order valence-corrected chi connectivity index (χ2v) is 2.13. The van der Waals surface area contributed by atoms with Gasteiger partial charge in [0, 0.05) is 12.0 Å². The summed E-state index contributed by atoms with van der Waals surface area (Å²) in [6.45, 7) is 4.22. The summed E-state index contributed by atoms with van der Waals surface area (Å²) < 4.78 is 4.86. The minimum Gasteiger partial charge on any atom is -0.373 e. The van der Waals surface area contributed by atoms with Crippen molar-refractivity contribution in [2.75, 3.05) is 6.61 Å². The highest BCUT2D eigenvalue weighted by atomic mass is 16.6. The van der Waals surface area contributed by atoms with Crippen LogP contribution in [0.25, 0.3) is 0 Å². The standard InChI is InChI=1S/C6H9NO2/c1-4(6(7)8)2-5-3-9-5/h5H,1-3H2,(H2,7,8). The Balaban J connectivity index is 2.25. The first-order valence-corrected chi connectivity index (χ1v) is 2.79. The monoisotopic (exact) mass is 127 g/mol. The van der Waals surface area contributed by atoms with E-state index in [9.17, 15) is 4.79 Å². The van der Waals surface area contributed by atoms with E-state index in [1.54, 1.807) is 0 Å². The number of rotatable bonds is 3. The molecule has 0 aromatic carbocycles. The number of epoxide rings is 1. The number of carbonyl (C=O) groups is 1. The minimum atomic E-state index is -0.425. The first kappa shape index (κ1) is 6.29. The van der Waals surface area contributed by atoms with Gasteiger partial charge < -0.3 is 10.5 Å². The summed E-state index contributed by atoms with van der Waals surface area (Å²) in [6.07, 6.45) is 0.806. The van der Waals surface area contributed by atoms with Gasteiger partial charge in [0.2, 0.25) is 5.91 Å². The highest BCUT2D eigenvalue weighted by Crippen LogP contribution is 2.17. The van der Waals surface area contributed by atoms with Crippen LogP contribution in [0, 0.1) is 0 Å². The normalized spacial score (nSPS) is 23.3. The van der Waals surface area contributed by atoms with Crippen LogP contribution in [0.2, 0.25) is 0 Å². The average molecular weight is 127 g/mol. The molecule has 1 aliphatic rings. The Kier molecular flexibility index (Phi) is 1.53. The van der Waals surface area contributed by atoms with Gasteiger partial charge in [-0.05, 0) is 0 Å². The van der Waals surface area contributed by atoms with Crippen molar-refractivity contribution in [3.8, 4) is 0 Å². The minimum absolute atomic E-state index is 0.213. The van der Waals surface area contributed by atoms with E-state index in [0.29, 0.717) is 12.0 Å². The topological polar surface area (TPSA) is 55.6 Å². The molecule has 1 rings (SSSR count). The van der Waals surface area contributed by atoms with Crippen LogP contribution in [0.1, 0.15) is 6.42 Å². The maximum absolute atomic E-state index is 10.3. The maximum atomic E-state index is 10.3. The lowest BCUT2D eigenvalue weighted by Crippen LogP contribution is -2.14. The number of hydrogen-bond donors (Lipinski definition) is 1. The van der Waals surface area contributed by atoms with E-state index in [2.05, 4.69) is 6.58 Å². The van der Waals surface area contributed by atoms with Gasteiger partial charge in [0.25, 0.3) is 0 Å². The van der Waals surface area contributed by atoms with Crippen molar-refractivity contribution >= 4 is 5.91 Å². The highest BCUT2D eigenvalue weighted by molar-refractivity contribution is 5.91. The molecule has 50 valence electrons. The summed E-state index contributed by atoms with van der Waals surface area (Å²) in [4.78, 5) is 10.3. The van der Waals surface area contributed by atoms with Crippen molar-refractivity contribution in [2.24, 2.45) is 5.73 Å². The van der Waals surface area contributed by atoms with Crippen molar-refractivity contribution in [1.29, 1.82) is 0 Å². The number of primary amides is 1. The van der Waals surface area contributed by atoms with Gasteiger partial charge in [-0.1, -0.05) is 6.58 Å². The Labute approximate surface area is 53.5 Å². The van der Waals surface area contributed by atoms with E-state index < -0.39 is 5.91 Å². The predicted octanol–water partition coefficient (Wildman–Crippen LogP) is -0.183. The third kappa shape index (κ3) is 1.85. The van der Waals surface area contributed by atoms with Crippen LogP contribution in [0.5, 0.6) is 0 Å². The molecule has 3 nitrogen and oxygen atoms in total. The molecule has 0 bridgehead atoms. The summed E-state index contributed by atoms with van der Waals surface area (Å²) in [7, 11) is 0. The zero-order chi connectivity index (χ0) is 6.85. The fourth-order valence-corrected chi connectivity index (χ4v) is 0.561. The first-order chi connectivity index (χ1) is 4.20. The molecule has 9 heavy (non-hydrogen) atoms. The Bertz CT molecular complexity index is 149. The molecular weight excluding hydrogens is 118 g/mol. The van der Waals surface area contributed by atoms with Crippen LogP contribution in [0.3, 0.4) is 0 Å². The Hall–Kier alpha value is -0.830. The average Bonchev–Trinajstić information content (AvgIpc) is 2.50. The fourth-order valence-electron chi connectivity index (χ4n) is 0.561. The van der Waals surface area contributed by atoms with E-state index >= 15 is 0 Å². The Morgan fingerprint density at radius 3 is 2.78 bits per heavy atom. The maximum Gasteiger partial charge on any atom is 0.244 e. The molecule has 0 aromatic rings. The number of amides is 1. The van der Waals surface area contributed by atoms with E-state index in [0.717, 1.165) is 6.61 Å². The van der Waals surface area contributed by atoms with Gasteiger partial charge in [0.15, 0.2) is 0 Å². The second kappa shape index (κ2) is 2.19. The molecule has 3 heteroatoms. The molecule has 0 saturated carbocycles. The first-order valence-electron chi connectivity index (χ1n) is 2.79. The van der Waals surface area contributed by atoms with Gasteiger partial charge in [-0.15, -0.1) is 0 Å². The molecule has 1 amide bonds. The summed E-state index contributed by atoms with van der Waals surface area (Å²) >= 11 is 0.